The Bertz CT molecular complexity index is 792. The van der Waals surface area contributed by atoms with E-state index in [1.165, 1.54) is 11.8 Å². The number of benzene rings is 1. The second-order valence-corrected chi connectivity index (χ2v) is 6.08. The van der Waals surface area contributed by atoms with Gasteiger partial charge in [0.05, 0.1) is 22.9 Å². The minimum atomic E-state index is -0.0398. The van der Waals surface area contributed by atoms with E-state index in [0.29, 0.717) is 35.8 Å². The largest absolute Gasteiger partial charge is 0.367 e. The molecule has 2 aromatic rings. The molecule has 7 heteroatoms. The summed E-state index contributed by atoms with van der Waals surface area (Å²) in [5.41, 5.74) is 2.19. The van der Waals surface area contributed by atoms with Gasteiger partial charge in [-0.25, -0.2) is 4.98 Å². The van der Waals surface area contributed by atoms with E-state index in [9.17, 15) is 4.79 Å². The molecule has 1 amide bonds. The molecule has 0 saturated carbocycles. The van der Waals surface area contributed by atoms with Crippen LogP contribution in [0.1, 0.15) is 16.7 Å². The molecule has 0 aliphatic rings. The Labute approximate surface area is 150 Å². The van der Waals surface area contributed by atoms with Crippen molar-refractivity contribution in [3.8, 4) is 12.1 Å². The molecule has 6 nitrogen and oxygen atoms in total. The van der Waals surface area contributed by atoms with Crippen molar-refractivity contribution in [2.24, 2.45) is 0 Å². The molecular formula is C18H17N5OS. The predicted molar refractivity (Wildman–Crippen MR) is 97.8 cm³/mol. The van der Waals surface area contributed by atoms with Gasteiger partial charge in [-0.05, 0) is 29.8 Å². The van der Waals surface area contributed by atoms with Crippen LogP contribution in [0.25, 0.3) is 0 Å². The molecule has 0 fully saturated rings. The maximum Gasteiger partial charge on any atom is 0.230 e. The number of carbonyl (C=O) groups is 1. The first-order valence-corrected chi connectivity index (χ1v) is 8.81. The number of carbonyl (C=O) groups excluding carboxylic acids is 1. The Hall–Kier alpha value is -3.03. The Morgan fingerprint density at radius 2 is 1.92 bits per heavy atom. The molecule has 0 aliphatic heterocycles. The zero-order valence-corrected chi connectivity index (χ0v) is 14.3. The molecule has 0 saturated heterocycles. The second kappa shape index (κ2) is 9.96. The molecular weight excluding hydrogens is 334 g/mol. The highest BCUT2D eigenvalue weighted by molar-refractivity contribution is 7.99. The van der Waals surface area contributed by atoms with Crippen LogP contribution in [-0.4, -0.2) is 29.7 Å². The van der Waals surface area contributed by atoms with Gasteiger partial charge in [-0.2, -0.15) is 10.5 Å². The fourth-order valence-electron chi connectivity index (χ4n) is 2.01. The van der Waals surface area contributed by atoms with Crippen molar-refractivity contribution in [1.82, 2.24) is 10.3 Å². The second-order valence-electron chi connectivity index (χ2n) is 5.09. The SMILES string of the molecule is N#Cc1ccc(CSCC(=O)NCCNc2ncccc2C#N)cc1. The van der Waals surface area contributed by atoms with Crippen molar-refractivity contribution >= 4 is 23.5 Å². The number of aromatic nitrogens is 1. The molecule has 1 aromatic carbocycles. The Morgan fingerprint density at radius 3 is 2.64 bits per heavy atom. The number of pyridine rings is 1. The van der Waals surface area contributed by atoms with Crippen LogP contribution in [0.5, 0.6) is 0 Å². The highest BCUT2D eigenvalue weighted by Crippen LogP contribution is 2.12. The van der Waals surface area contributed by atoms with Crippen LogP contribution < -0.4 is 10.6 Å². The number of hydrogen-bond donors (Lipinski definition) is 2. The van der Waals surface area contributed by atoms with Gasteiger partial charge >= 0.3 is 0 Å². The van der Waals surface area contributed by atoms with Crippen LogP contribution in [0.15, 0.2) is 42.6 Å². The lowest BCUT2D eigenvalue weighted by Gasteiger charge is -2.08. The lowest BCUT2D eigenvalue weighted by atomic mass is 10.2. The van der Waals surface area contributed by atoms with Crippen LogP contribution in [0.3, 0.4) is 0 Å². The molecule has 126 valence electrons. The zero-order chi connectivity index (χ0) is 17.9. The number of thioether (sulfide) groups is 1. The van der Waals surface area contributed by atoms with Crippen LogP contribution in [-0.2, 0) is 10.5 Å². The monoisotopic (exact) mass is 351 g/mol. The van der Waals surface area contributed by atoms with E-state index in [2.05, 4.69) is 27.8 Å². The number of anilines is 1. The summed E-state index contributed by atoms with van der Waals surface area (Å²) in [6, 6.07) is 14.9. The van der Waals surface area contributed by atoms with Gasteiger partial charge in [-0.3, -0.25) is 4.79 Å². The summed E-state index contributed by atoms with van der Waals surface area (Å²) in [6.07, 6.45) is 1.61. The van der Waals surface area contributed by atoms with Crippen molar-refractivity contribution in [3.05, 3.63) is 59.3 Å². The van der Waals surface area contributed by atoms with E-state index >= 15 is 0 Å². The number of amides is 1. The molecule has 25 heavy (non-hydrogen) atoms. The predicted octanol–water partition coefficient (Wildman–Crippen LogP) is 2.29. The van der Waals surface area contributed by atoms with Crippen LogP contribution in [0, 0.1) is 22.7 Å². The molecule has 2 N–H and O–H groups in total. The van der Waals surface area contributed by atoms with Crippen LogP contribution in [0.4, 0.5) is 5.82 Å². The fraction of sp³-hybridized carbons (Fsp3) is 0.222. The lowest BCUT2D eigenvalue weighted by Crippen LogP contribution is -2.30. The van der Waals surface area contributed by atoms with Gasteiger partial charge in [0.15, 0.2) is 0 Å². The molecule has 0 aliphatic carbocycles. The van der Waals surface area contributed by atoms with Crippen molar-refractivity contribution in [1.29, 1.82) is 10.5 Å². The molecule has 0 unspecified atom stereocenters. The van der Waals surface area contributed by atoms with Crippen LogP contribution >= 0.6 is 11.8 Å². The van der Waals surface area contributed by atoms with Gasteiger partial charge in [0, 0.05) is 25.0 Å². The number of rotatable bonds is 8. The molecule has 1 aromatic heterocycles. The number of nitriles is 2. The van der Waals surface area contributed by atoms with Crippen molar-refractivity contribution in [3.63, 3.8) is 0 Å². The van der Waals surface area contributed by atoms with E-state index in [0.717, 1.165) is 11.3 Å². The van der Waals surface area contributed by atoms with E-state index in [1.807, 2.05) is 12.1 Å². The smallest absolute Gasteiger partial charge is 0.230 e. The van der Waals surface area contributed by atoms with Gasteiger partial charge in [-0.15, -0.1) is 11.8 Å². The van der Waals surface area contributed by atoms with Crippen LogP contribution in [0.2, 0.25) is 0 Å². The van der Waals surface area contributed by atoms with E-state index in [4.69, 9.17) is 10.5 Å². The summed E-state index contributed by atoms with van der Waals surface area (Å²) < 4.78 is 0. The minimum absolute atomic E-state index is 0.0398. The average Bonchev–Trinajstić information content (AvgIpc) is 2.66. The highest BCUT2D eigenvalue weighted by atomic mass is 32.2. The van der Waals surface area contributed by atoms with Gasteiger partial charge in [0.1, 0.15) is 11.9 Å². The Morgan fingerprint density at radius 1 is 1.12 bits per heavy atom. The summed E-state index contributed by atoms with van der Waals surface area (Å²) in [4.78, 5) is 15.9. The zero-order valence-electron chi connectivity index (χ0n) is 13.5. The van der Waals surface area contributed by atoms with Gasteiger partial charge in [0.25, 0.3) is 0 Å². The van der Waals surface area contributed by atoms with Crippen molar-refractivity contribution < 1.29 is 4.79 Å². The molecule has 0 spiro atoms. The molecule has 0 atom stereocenters. The number of nitrogens with zero attached hydrogens (tertiary/aromatic N) is 3. The van der Waals surface area contributed by atoms with Crippen molar-refractivity contribution in [2.75, 3.05) is 24.2 Å². The van der Waals surface area contributed by atoms with Gasteiger partial charge < -0.3 is 10.6 Å². The topological polar surface area (TPSA) is 102 Å². The minimum Gasteiger partial charge on any atom is -0.367 e. The highest BCUT2D eigenvalue weighted by Gasteiger charge is 2.04. The summed E-state index contributed by atoms with van der Waals surface area (Å²) >= 11 is 1.52. The normalized spacial score (nSPS) is 9.68. The fourth-order valence-corrected chi connectivity index (χ4v) is 2.83. The maximum atomic E-state index is 11.8. The summed E-state index contributed by atoms with van der Waals surface area (Å²) in [6.45, 7) is 0.954. The third kappa shape index (κ3) is 6.17. The number of hydrogen-bond acceptors (Lipinski definition) is 6. The van der Waals surface area contributed by atoms with Gasteiger partial charge in [0.2, 0.25) is 5.91 Å². The molecule has 1 heterocycles. The Balaban J connectivity index is 1.62. The quantitative estimate of drug-likeness (QED) is 0.708. The first-order chi connectivity index (χ1) is 12.2. The first kappa shape index (κ1) is 18.3. The third-order valence-corrected chi connectivity index (χ3v) is 4.26. The van der Waals surface area contributed by atoms with Crippen molar-refractivity contribution in [2.45, 2.75) is 5.75 Å². The lowest BCUT2D eigenvalue weighted by molar-refractivity contribution is -0.118. The standard InChI is InChI=1S/C18H17N5OS/c19-10-14-3-5-15(6-4-14)12-25-13-17(24)21-8-9-23-18-16(11-20)2-1-7-22-18/h1-7H,8-9,12-13H2,(H,21,24)(H,22,23). The Kier molecular flexibility index (Phi) is 7.30. The van der Waals surface area contributed by atoms with E-state index in [-0.39, 0.29) is 5.91 Å². The van der Waals surface area contributed by atoms with E-state index < -0.39 is 0 Å². The molecule has 2 rings (SSSR count). The summed E-state index contributed by atoms with van der Waals surface area (Å²) in [7, 11) is 0. The average molecular weight is 351 g/mol. The molecule has 0 bridgehead atoms. The summed E-state index contributed by atoms with van der Waals surface area (Å²) in [5.74, 6) is 1.57. The van der Waals surface area contributed by atoms with Gasteiger partial charge in [-0.1, -0.05) is 12.1 Å². The molecule has 0 radical (unpaired) electrons. The first-order valence-electron chi connectivity index (χ1n) is 7.65. The number of nitrogens with one attached hydrogen (secondary N) is 2. The maximum absolute atomic E-state index is 11.8. The third-order valence-electron chi connectivity index (χ3n) is 3.25. The summed E-state index contributed by atoms with van der Waals surface area (Å²) in [5, 5.41) is 23.6. The van der Waals surface area contributed by atoms with E-state index in [1.54, 1.807) is 30.5 Å².